The lowest BCUT2D eigenvalue weighted by molar-refractivity contribution is 0.0548. The molecule has 1 aliphatic carbocycles. The van der Waals surface area contributed by atoms with Gasteiger partial charge in [-0.2, -0.15) is 5.10 Å². The SMILES string of the molecule is O=C(c1cnn(CC2CCCC2)c1)N1CC(NC2CCOC2)C1. The Bertz CT molecular complexity index is 541. The third-order valence-electron chi connectivity index (χ3n) is 5.37. The Hall–Kier alpha value is -1.40. The first-order chi connectivity index (χ1) is 11.3. The smallest absolute Gasteiger partial charge is 0.257 e. The molecule has 4 rings (SSSR count). The molecule has 1 atom stereocenters. The summed E-state index contributed by atoms with van der Waals surface area (Å²) in [4.78, 5) is 14.4. The Kier molecular flexibility index (Phi) is 4.35. The summed E-state index contributed by atoms with van der Waals surface area (Å²) in [6.45, 7) is 4.21. The lowest BCUT2D eigenvalue weighted by atomic mass is 10.1. The molecule has 1 aromatic heterocycles. The fraction of sp³-hybridized carbons (Fsp3) is 0.765. The Balaban J connectivity index is 1.25. The van der Waals surface area contributed by atoms with Crippen molar-refractivity contribution in [3.8, 4) is 0 Å². The van der Waals surface area contributed by atoms with Crippen molar-refractivity contribution in [1.29, 1.82) is 0 Å². The molecule has 1 unspecified atom stereocenters. The standard InChI is InChI=1S/C17H26N4O2/c22-17(20-10-16(11-20)19-15-5-6-23-12-15)14-7-18-21(9-14)8-13-3-1-2-4-13/h7,9,13,15-16,19H,1-6,8,10-12H2. The van der Waals surface area contributed by atoms with E-state index in [2.05, 4.69) is 10.4 Å². The quantitative estimate of drug-likeness (QED) is 0.888. The second-order valence-corrected chi connectivity index (χ2v) is 7.24. The van der Waals surface area contributed by atoms with Crippen molar-refractivity contribution in [2.24, 2.45) is 5.92 Å². The lowest BCUT2D eigenvalue weighted by Crippen LogP contribution is -2.61. The van der Waals surface area contributed by atoms with Gasteiger partial charge in [-0.25, -0.2) is 0 Å². The van der Waals surface area contributed by atoms with Crippen molar-refractivity contribution in [3.63, 3.8) is 0 Å². The third-order valence-corrected chi connectivity index (χ3v) is 5.37. The van der Waals surface area contributed by atoms with Gasteiger partial charge < -0.3 is 15.0 Å². The first-order valence-electron chi connectivity index (χ1n) is 8.93. The van der Waals surface area contributed by atoms with Crippen LogP contribution in [0.3, 0.4) is 0 Å². The summed E-state index contributed by atoms with van der Waals surface area (Å²) >= 11 is 0. The number of nitrogens with zero attached hydrogens (tertiary/aromatic N) is 3. The molecule has 0 bridgehead atoms. The highest BCUT2D eigenvalue weighted by molar-refractivity contribution is 5.94. The molecule has 23 heavy (non-hydrogen) atoms. The van der Waals surface area contributed by atoms with Crippen LogP contribution in [0.5, 0.6) is 0 Å². The molecular weight excluding hydrogens is 292 g/mol. The van der Waals surface area contributed by atoms with Gasteiger partial charge in [-0.05, 0) is 25.2 Å². The van der Waals surface area contributed by atoms with E-state index in [0.717, 1.165) is 50.8 Å². The van der Waals surface area contributed by atoms with Crippen LogP contribution >= 0.6 is 0 Å². The van der Waals surface area contributed by atoms with Crippen LogP contribution in [0.2, 0.25) is 0 Å². The molecule has 1 saturated carbocycles. The van der Waals surface area contributed by atoms with Crippen LogP contribution in [-0.4, -0.2) is 59.0 Å². The predicted molar refractivity (Wildman–Crippen MR) is 86.2 cm³/mol. The topological polar surface area (TPSA) is 59.4 Å². The van der Waals surface area contributed by atoms with Crippen molar-refractivity contribution in [2.45, 2.75) is 50.7 Å². The number of carbonyl (C=O) groups is 1. The zero-order valence-corrected chi connectivity index (χ0v) is 13.6. The van der Waals surface area contributed by atoms with Crippen LogP contribution in [0.4, 0.5) is 0 Å². The van der Waals surface area contributed by atoms with Gasteiger partial charge in [0.15, 0.2) is 0 Å². The van der Waals surface area contributed by atoms with Crippen molar-refractivity contribution < 1.29 is 9.53 Å². The van der Waals surface area contributed by atoms with E-state index in [9.17, 15) is 4.79 Å². The number of amides is 1. The molecule has 3 aliphatic rings. The minimum Gasteiger partial charge on any atom is -0.380 e. The number of rotatable bonds is 5. The van der Waals surface area contributed by atoms with Gasteiger partial charge in [-0.15, -0.1) is 0 Å². The Morgan fingerprint density at radius 2 is 2.09 bits per heavy atom. The van der Waals surface area contributed by atoms with Gasteiger partial charge in [0.05, 0.1) is 18.4 Å². The molecule has 126 valence electrons. The molecular formula is C17H26N4O2. The first-order valence-corrected chi connectivity index (χ1v) is 8.93. The number of likely N-dealkylation sites (tertiary alicyclic amines) is 1. The largest absolute Gasteiger partial charge is 0.380 e. The summed E-state index contributed by atoms with van der Waals surface area (Å²) in [5.74, 6) is 0.854. The summed E-state index contributed by atoms with van der Waals surface area (Å²) in [6.07, 6.45) is 10.0. The molecule has 3 heterocycles. The van der Waals surface area contributed by atoms with Crippen LogP contribution in [0.1, 0.15) is 42.5 Å². The maximum absolute atomic E-state index is 12.5. The number of ether oxygens (including phenoxy) is 1. The third kappa shape index (κ3) is 3.43. The van der Waals surface area contributed by atoms with Crippen molar-refractivity contribution >= 4 is 5.91 Å². The maximum atomic E-state index is 12.5. The van der Waals surface area contributed by atoms with E-state index in [1.807, 2.05) is 15.8 Å². The Morgan fingerprint density at radius 1 is 1.26 bits per heavy atom. The number of carbonyl (C=O) groups excluding carboxylic acids is 1. The monoisotopic (exact) mass is 318 g/mol. The summed E-state index contributed by atoms with van der Waals surface area (Å²) in [7, 11) is 0. The molecule has 6 nitrogen and oxygen atoms in total. The van der Waals surface area contributed by atoms with Crippen LogP contribution in [-0.2, 0) is 11.3 Å². The Labute approximate surface area is 137 Å². The fourth-order valence-corrected chi connectivity index (χ4v) is 3.96. The normalized spacial score (nSPS) is 25.9. The fourth-order valence-electron chi connectivity index (χ4n) is 3.96. The summed E-state index contributed by atoms with van der Waals surface area (Å²) in [5, 5.41) is 7.95. The average Bonchev–Trinajstić information content (AvgIpc) is 3.25. The van der Waals surface area contributed by atoms with Crippen LogP contribution in [0, 0.1) is 5.92 Å². The molecule has 3 fully saturated rings. The molecule has 2 aliphatic heterocycles. The van der Waals surface area contributed by atoms with E-state index in [1.165, 1.54) is 25.7 Å². The van der Waals surface area contributed by atoms with E-state index >= 15 is 0 Å². The highest BCUT2D eigenvalue weighted by Gasteiger charge is 2.33. The van der Waals surface area contributed by atoms with Gasteiger partial charge in [0.1, 0.15) is 0 Å². The van der Waals surface area contributed by atoms with Crippen LogP contribution in [0.25, 0.3) is 0 Å². The second kappa shape index (κ2) is 6.61. The van der Waals surface area contributed by atoms with Crippen molar-refractivity contribution in [3.05, 3.63) is 18.0 Å². The summed E-state index contributed by atoms with van der Waals surface area (Å²) < 4.78 is 7.33. The predicted octanol–water partition coefficient (Wildman–Crippen LogP) is 1.28. The number of aromatic nitrogens is 2. The molecule has 0 spiro atoms. The van der Waals surface area contributed by atoms with E-state index in [4.69, 9.17) is 4.74 Å². The van der Waals surface area contributed by atoms with Gasteiger partial charge in [0.25, 0.3) is 5.91 Å². The van der Waals surface area contributed by atoms with Gasteiger partial charge in [-0.3, -0.25) is 9.48 Å². The number of hydrogen-bond donors (Lipinski definition) is 1. The average molecular weight is 318 g/mol. The molecule has 1 N–H and O–H groups in total. The second-order valence-electron chi connectivity index (χ2n) is 7.24. The van der Waals surface area contributed by atoms with Crippen LogP contribution < -0.4 is 5.32 Å². The first kappa shape index (κ1) is 15.1. The Morgan fingerprint density at radius 3 is 2.83 bits per heavy atom. The maximum Gasteiger partial charge on any atom is 0.257 e. The molecule has 2 saturated heterocycles. The van der Waals surface area contributed by atoms with E-state index in [-0.39, 0.29) is 5.91 Å². The summed E-state index contributed by atoms with van der Waals surface area (Å²) in [6, 6.07) is 0.880. The highest BCUT2D eigenvalue weighted by atomic mass is 16.5. The van der Waals surface area contributed by atoms with Gasteiger partial charge >= 0.3 is 0 Å². The van der Waals surface area contributed by atoms with Crippen molar-refractivity contribution in [2.75, 3.05) is 26.3 Å². The van der Waals surface area contributed by atoms with E-state index in [1.54, 1.807) is 6.20 Å². The molecule has 1 amide bonds. The molecule has 0 aromatic carbocycles. The lowest BCUT2D eigenvalue weighted by Gasteiger charge is -2.40. The number of nitrogens with one attached hydrogen (secondary N) is 1. The highest BCUT2D eigenvalue weighted by Crippen LogP contribution is 2.26. The minimum atomic E-state index is 0.114. The minimum absolute atomic E-state index is 0.114. The van der Waals surface area contributed by atoms with Crippen molar-refractivity contribution in [1.82, 2.24) is 20.0 Å². The van der Waals surface area contributed by atoms with E-state index < -0.39 is 0 Å². The summed E-state index contributed by atoms with van der Waals surface area (Å²) in [5.41, 5.74) is 0.727. The van der Waals surface area contributed by atoms with E-state index in [0.29, 0.717) is 12.1 Å². The van der Waals surface area contributed by atoms with Gasteiger partial charge in [-0.1, -0.05) is 12.8 Å². The molecule has 1 aromatic rings. The molecule has 6 heteroatoms. The van der Waals surface area contributed by atoms with Gasteiger partial charge in [0, 0.05) is 44.5 Å². The van der Waals surface area contributed by atoms with Crippen LogP contribution in [0.15, 0.2) is 12.4 Å². The zero-order valence-electron chi connectivity index (χ0n) is 13.6. The van der Waals surface area contributed by atoms with Gasteiger partial charge in [0.2, 0.25) is 0 Å². The molecule has 0 radical (unpaired) electrons. The number of hydrogen-bond acceptors (Lipinski definition) is 4. The zero-order chi connectivity index (χ0) is 15.6.